The number of likely N-dealkylation sites (N-methyl/N-ethyl adjacent to an activating group) is 1. The van der Waals surface area contributed by atoms with Gasteiger partial charge in [-0.2, -0.15) is 5.10 Å². The minimum Gasteiger partial charge on any atom is -0.409 e. The van der Waals surface area contributed by atoms with E-state index in [0.29, 0.717) is 6.54 Å². The Morgan fingerprint density at radius 2 is 2.35 bits per heavy atom. The maximum Gasteiger partial charge on any atom is 0.156 e. The van der Waals surface area contributed by atoms with E-state index in [2.05, 4.69) is 23.2 Å². The molecule has 6 nitrogen and oxygen atoms in total. The Labute approximate surface area is 102 Å². The van der Waals surface area contributed by atoms with Crippen LogP contribution in [0.15, 0.2) is 11.2 Å². The van der Waals surface area contributed by atoms with Crippen molar-refractivity contribution in [1.29, 1.82) is 0 Å². The summed E-state index contributed by atoms with van der Waals surface area (Å²) >= 11 is 0. The second-order valence-electron chi connectivity index (χ2n) is 4.21. The summed E-state index contributed by atoms with van der Waals surface area (Å²) in [5, 5.41) is 16.1. The van der Waals surface area contributed by atoms with Crippen molar-refractivity contribution in [1.82, 2.24) is 14.7 Å². The number of aryl methyl sites for hydroxylation is 2. The summed E-state index contributed by atoms with van der Waals surface area (Å²) in [7, 11) is 1.94. The van der Waals surface area contributed by atoms with Gasteiger partial charge in [0.2, 0.25) is 0 Å². The molecule has 1 unspecified atom stereocenters. The molecule has 0 spiro atoms. The first-order valence-electron chi connectivity index (χ1n) is 5.70. The molecule has 1 aromatic rings. The first-order chi connectivity index (χ1) is 7.99. The number of rotatable bonds is 5. The molecule has 0 aliphatic carbocycles. The monoisotopic (exact) mass is 239 g/mol. The summed E-state index contributed by atoms with van der Waals surface area (Å²) in [5.74, 6) is 0.215. The van der Waals surface area contributed by atoms with Crippen molar-refractivity contribution in [2.45, 2.75) is 39.9 Å². The van der Waals surface area contributed by atoms with Gasteiger partial charge in [-0.25, -0.2) is 0 Å². The van der Waals surface area contributed by atoms with Gasteiger partial charge in [0.05, 0.1) is 17.4 Å². The summed E-state index contributed by atoms with van der Waals surface area (Å²) < 4.78 is 1.96. The van der Waals surface area contributed by atoms with E-state index in [1.54, 1.807) is 0 Å². The number of nitrogens with zero attached hydrogens (tertiary/aromatic N) is 4. The Hall–Kier alpha value is -1.56. The van der Waals surface area contributed by atoms with Crippen LogP contribution >= 0.6 is 0 Å². The van der Waals surface area contributed by atoms with Gasteiger partial charge in [-0.15, -0.1) is 0 Å². The fourth-order valence-electron chi connectivity index (χ4n) is 1.70. The van der Waals surface area contributed by atoms with Crippen LogP contribution in [-0.2, 0) is 13.1 Å². The molecular weight excluding hydrogens is 218 g/mol. The van der Waals surface area contributed by atoms with E-state index < -0.39 is 0 Å². The van der Waals surface area contributed by atoms with Crippen LogP contribution in [0.25, 0.3) is 0 Å². The van der Waals surface area contributed by atoms with Crippen LogP contribution in [0.1, 0.15) is 25.2 Å². The lowest BCUT2D eigenvalue weighted by molar-refractivity contribution is 0.273. The molecule has 0 aliphatic rings. The van der Waals surface area contributed by atoms with Gasteiger partial charge in [-0.3, -0.25) is 9.58 Å². The van der Waals surface area contributed by atoms with E-state index in [1.165, 1.54) is 0 Å². The molecule has 17 heavy (non-hydrogen) atoms. The molecule has 0 fully saturated rings. The molecule has 0 bridgehead atoms. The van der Waals surface area contributed by atoms with Crippen LogP contribution in [-0.4, -0.2) is 38.8 Å². The zero-order valence-electron chi connectivity index (χ0n) is 10.9. The van der Waals surface area contributed by atoms with E-state index in [-0.39, 0.29) is 11.9 Å². The number of amidine groups is 1. The molecular formula is C11H21N5O. The number of hydrogen-bond acceptors (Lipinski definition) is 4. The van der Waals surface area contributed by atoms with Crippen LogP contribution in [0.4, 0.5) is 0 Å². The van der Waals surface area contributed by atoms with Crippen LogP contribution in [0.3, 0.4) is 0 Å². The topological polar surface area (TPSA) is 79.7 Å². The number of oxime groups is 1. The molecule has 1 aromatic heterocycles. The molecule has 1 heterocycles. The van der Waals surface area contributed by atoms with Crippen molar-refractivity contribution >= 4 is 5.84 Å². The third-order valence-electron chi connectivity index (χ3n) is 2.90. The van der Waals surface area contributed by atoms with Crippen LogP contribution < -0.4 is 5.73 Å². The first-order valence-corrected chi connectivity index (χ1v) is 5.70. The predicted molar refractivity (Wildman–Crippen MR) is 67.0 cm³/mol. The molecule has 6 heteroatoms. The standard InChI is InChI=1S/C11H21N5O/c1-5-16-10(6-8(2)13-16)7-15(4)9(3)11(12)14-17/h6,9,17H,5,7H2,1-4H3,(H2,12,14). The second-order valence-corrected chi connectivity index (χ2v) is 4.21. The fourth-order valence-corrected chi connectivity index (χ4v) is 1.70. The van der Waals surface area contributed by atoms with Crippen molar-refractivity contribution in [3.05, 3.63) is 17.5 Å². The first kappa shape index (κ1) is 13.5. The molecule has 1 rings (SSSR count). The Bertz CT molecular complexity index is 399. The van der Waals surface area contributed by atoms with Gasteiger partial charge in [-0.1, -0.05) is 5.16 Å². The third-order valence-corrected chi connectivity index (χ3v) is 2.90. The van der Waals surface area contributed by atoms with Gasteiger partial charge in [0.25, 0.3) is 0 Å². The van der Waals surface area contributed by atoms with Gasteiger partial charge in [0.15, 0.2) is 5.84 Å². The van der Waals surface area contributed by atoms with Crippen LogP contribution in [0.2, 0.25) is 0 Å². The van der Waals surface area contributed by atoms with E-state index in [4.69, 9.17) is 10.9 Å². The maximum absolute atomic E-state index is 8.64. The molecule has 0 amide bonds. The summed E-state index contributed by atoms with van der Waals surface area (Å²) in [4.78, 5) is 2.01. The lowest BCUT2D eigenvalue weighted by Gasteiger charge is -2.23. The fraction of sp³-hybridized carbons (Fsp3) is 0.636. The van der Waals surface area contributed by atoms with Gasteiger partial charge in [-0.05, 0) is 33.9 Å². The molecule has 96 valence electrons. The van der Waals surface area contributed by atoms with E-state index in [9.17, 15) is 0 Å². The average Bonchev–Trinajstić information content (AvgIpc) is 2.67. The lowest BCUT2D eigenvalue weighted by Crippen LogP contribution is -2.40. The highest BCUT2D eigenvalue weighted by Crippen LogP contribution is 2.09. The Morgan fingerprint density at radius 3 is 2.88 bits per heavy atom. The van der Waals surface area contributed by atoms with Gasteiger partial charge in [0.1, 0.15) is 0 Å². The van der Waals surface area contributed by atoms with E-state index >= 15 is 0 Å². The summed E-state index contributed by atoms with van der Waals surface area (Å²) in [5.41, 5.74) is 7.72. The number of hydrogen-bond donors (Lipinski definition) is 2. The third kappa shape index (κ3) is 3.20. The van der Waals surface area contributed by atoms with Crippen molar-refractivity contribution in [2.75, 3.05) is 7.05 Å². The largest absolute Gasteiger partial charge is 0.409 e. The highest BCUT2D eigenvalue weighted by Gasteiger charge is 2.16. The van der Waals surface area contributed by atoms with Crippen LogP contribution in [0, 0.1) is 6.92 Å². The Balaban J connectivity index is 2.76. The zero-order valence-corrected chi connectivity index (χ0v) is 10.9. The lowest BCUT2D eigenvalue weighted by atomic mass is 10.2. The maximum atomic E-state index is 8.64. The second kappa shape index (κ2) is 5.67. The van der Waals surface area contributed by atoms with Crippen molar-refractivity contribution in [3.63, 3.8) is 0 Å². The Kier molecular flexibility index (Phi) is 4.51. The highest BCUT2D eigenvalue weighted by atomic mass is 16.4. The van der Waals surface area contributed by atoms with Crippen molar-refractivity contribution in [2.24, 2.45) is 10.9 Å². The van der Waals surface area contributed by atoms with Gasteiger partial charge in [0, 0.05) is 13.1 Å². The molecule has 0 saturated carbocycles. The molecule has 3 N–H and O–H groups in total. The summed E-state index contributed by atoms with van der Waals surface area (Å²) in [6.45, 7) is 7.49. The zero-order chi connectivity index (χ0) is 13.0. The number of nitrogens with two attached hydrogens (primary N) is 1. The molecule has 0 aromatic carbocycles. The summed E-state index contributed by atoms with van der Waals surface area (Å²) in [6.07, 6.45) is 0. The smallest absolute Gasteiger partial charge is 0.156 e. The molecule has 1 atom stereocenters. The van der Waals surface area contributed by atoms with Crippen molar-refractivity contribution < 1.29 is 5.21 Å². The normalized spacial score (nSPS) is 14.3. The predicted octanol–water partition coefficient (Wildman–Crippen LogP) is 0.778. The molecule has 0 radical (unpaired) electrons. The van der Waals surface area contributed by atoms with Gasteiger partial charge < -0.3 is 10.9 Å². The van der Waals surface area contributed by atoms with Crippen molar-refractivity contribution in [3.8, 4) is 0 Å². The van der Waals surface area contributed by atoms with Crippen LogP contribution in [0.5, 0.6) is 0 Å². The molecule has 0 aliphatic heterocycles. The number of aromatic nitrogens is 2. The average molecular weight is 239 g/mol. The summed E-state index contributed by atoms with van der Waals surface area (Å²) in [6, 6.07) is 1.94. The van der Waals surface area contributed by atoms with Gasteiger partial charge >= 0.3 is 0 Å². The quantitative estimate of drug-likeness (QED) is 0.344. The SMILES string of the molecule is CCn1nc(C)cc1CN(C)C(C)C(N)=NO. The Morgan fingerprint density at radius 1 is 1.71 bits per heavy atom. The van der Waals surface area contributed by atoms with E-state index in [0.717, 1.165) is 17.9 Å². The minimum absolute atomic E-state index is 0.111. The molecule has 0 saturated heterocycles. The highest BCUT2D eigenvalue weighted by molar-refractivity contribution is 5.84. The van der Waals surface area contributed by atoms with E-state index in [1.807, 2.05) is 30.5 Å². The minimum atomic E-state index is -0.111.